The van der Waals surface area contributed by atoms with Gasteiger partial charge in [0.15, 0.2) is 0 Å². The Labute approximate surface area is 168 Å². The van der Waals surface area contributed by atoms with Gasteiger partial charge in [-0.05, 0) is 37.2 Å². The molecule has 154 valence electrons. The van der Waals surface area contributed by atoms with E-state index >= 15 is 0 Å². The number of unbranched alkanes of at least 4 members (excludes halogenated alkanes) is 3. The first-order valence-corrected chi connectivity index (χ1v) is 10.7. The van der Waals surface area contributed by atoms with E-state index in [1.807, 2.05) is 24.3 Å². The number of piperazine rings is 1. The molecule has 0 unspecified atom stereocenters. The van der Waals surface area contributed by atoms with Crippen LogP contribution < -0.4 is 9.64 Å². The van der Waals surface area contributed by atoms with Crippen LogP contribution in [0.4, 0.5) is 5.69 Å². The SMILES string of the molecule is CCCCCCOc1ccc(N2C(=O)C[C@H](N3CCN(CC)CC3)C2=O)cc1. The van der Waals surface area contributed by atoms with Crippen molar-refractivity contribution in [1.82, 2.24) is 9.80 Å². The highest BCUT2D eigenvalue weighted by atomic mass is 16.5. The molecule has 0 bridgehead atoms. The monoisotopic (exact) mass is 387 g/mol. The number of nitrogens with zero attached hydrogens (tertiary/aromatic N) is 3. The van der Waals surface area contributed by atoms with Crippen molar-refractivity contribution < 1.29 is 14.3 Å². The highest BCUT2D eigenvalue weighted by molar-refractivity contribution is 6.22. The van der Waals surface area contributed by atoms with Gasteiger partial charge in [0.1, 0.15) is 5.75 Å². The van der Waals surface area contributed by atoms with E-state index in [-0.39, 0.29) is 24.3 Å². The van der Waals surface area contributed by atoms with E-state index in [4.69, 9.17) is 4.74 Å². The van der Waals surface area contributed by atoms with Gasteiger partial charge in [0, 0.05) is 26.2 Å². The highest BCUT2D eigenvalue weighted by Crippen LogP contribution is 2.28. The van der Waals surface area contributed by atoms with Crippen molar-refractivity contribution >= 4 is 17.5 Å². The molecule has 1 aromatic carbocycles. The van der Waals surface area contributed by atoms with Gasteiger partial charge in [0.25, 0.3) is 5.91 Å². The zero-order valence-electron chi connectivity index (χ0n) is 17.2. The van der Waals surface area contributed by atoms with Crippen LogP contribution in [-0.2, 0) is 9.59 Å². The molecule has 0 aliphatic carbocycles. The average molecular weight is 388 g/mol. The maximum Gasteiger partial charge on any atom is 0.251 e. The van der Waals surface area contributed by atoms with Crippen LogP contribution in [0.1, 0.15) is 46.0 Å². The van der Waals surface area contributed by atoms with Crippen LogP contribution >= 0.6 is 0 Å². The zero-order valence-corrected chi connectivity index (χ0v) is 17.2. The van der Waals surface area contributed by atoms with Gasteiger partial charge in [-0.15, -0.1) is 0 Å². The first-order chi connectivity index (χ1) is 13.6. The Balaban J connectivity index is 1.56. The largest absolute Gasteiger partial charge is 0.494 e. The molecule has 2 fully saturated rings. The normalized spacial score (nSPS) is 21.5. The fourth-order valence-electron chi connectivity index (χ4n) is 3.97. The Morgan fingerprint density at radius 2 is 1.68 bits per heavy atom. The number of carbonyl (C=O) groups excluding carboxylic acids is 2. The number of ether oxygens (including phenoxy) is 1. The van der Waals surface area contributed by atoms with Crippen molar-refractivity contribution in [1.29, 1.82) is 0 Å². The predicted octanol–water partition coefficient (Wildman–Crippen LogP) is 2.92. The molecule has 0 N–H and O–H groups in total. The van der Waals surface area contributed by atoms with Crippen molar-refractivity contribution in [3.63, 3.8) is 0 Å². The lowest BCUT2D eigenvalue weighted by molar-refractivity contribution is -0.123. The van der Waals surface area contributed by atoms with E-state index in [1.54, 1.807) is 0 Å². The number of carbonyl (C=O) groups is 2. The van der Waals surface area contributed by atoms with Crippen molar-refractivity contribution in [2.75, 3.05) is 44.2 Å². The molecular formula is C22H33N3O3. The molecule has 28 heavy (non-hydrogen) atoms. The summed E-state index contributed by atoms with van der Waals surface area (Å²) in [5.41, 5.74) is 0.642. The summed E-state index contributed by atoms with van der Waals surface area (Å²) >= 11 is 0. The smallest absolute Gasteiger partial charge is 0.251 e. The third-order valence-electron chi connectivity index (χ3n) is 5.78. The predicted molar refractivity (Wildman–Crippen MR) is 111 cm³/mol. The summed E-state index contributed by atoms with van der Waals surface area (Å²) in [6.07, 6.45) is 4.95. The zero-order chi connectivity index (χ0) is 19.9. The van der Waals surface area contributed by atoms with Crippen LogP contribution in [0.3, 0.4) is 0 Å². The molecule has 6 nitrogen and oxygen atoms in total. The summed E-state index contributed by atoms with van der Waals surface area (Å²) in [5.74, 6) is 0.580. The second-order valence-corrected chi connectivity index (χ2v) is 7.66. The third kappa shape index (κ3) is 4.92. The minimum absolute atomic E-state index is 0.0943. The Hall–Kier alpha value is -1.92. The van der Waals surface area contributed by atoms with Gasteiger partial charge in [-0.2, -0.15) is 0 Å². The molecule has 2 amide bonds. The van der Waals surface area contributed by atoms with Gasteiger partial charge < -0.3 is 9.64 Å². The van der Waals surface area contributed by atoms with Crippen LogP contribution in [0.5, 0.6) is 5.75 Å². The summed E-state index contributed by atoms with van der Waals surface area (Å²) in [5, 5.41) is 0. The maximum atomic E-state index is 12.9. The molecule has 1 atom stereocenters. The summed E-state index contributed by atoms with van der Waals surface area (Å²) in [6.45, 7) is 9.68. The van der Waals surface area contributed by atoms with Gasteiger partial charge in [-0.1, -0.05) is 33.1 Å². The fourth-order valence-corrected chi connectivity index (χ4v) is 3.97. The number of imide groups is 1. The van der Waals surface area contributed by atoms with Crippen molar-refractivity contribution in [3.05, 3.63) is 24.3 Å². The number of likely N-dealkylation sites (N-methyl/N-ethyl adjacent to an activating group) is 1. The molecule has 2 heterocycles. The third-order valence-corrected chi connectivity index (χ3v) is 5.78. The van der Waals surface area contributed by atoms with Crippen molar-refractivity contribution in [3.8, 4) is 5.75 Å². The summed E-state index contributed by atoms with van der Waals surface area (Å²) in [6, 6.07) is 7.01. The number of hydrogen-bond acceptors (Lipinski definition) is 5. The molecule has 0 saturated carbocycles. The standard InChI is InChI=1S/C22H33N3O3/c1-3-5-6-7-16-28-19-10-8-18(9-11-19)25-21(26)17-20(22(25)27)24-14-12-23(4-2)13-15-24/h8-11,20H,3-7,12-17H2,1-2H3/t20-/m0/s1. The van der Waals surface area contributed by atoms with Crippen molar-refractivity contribution in [2.24, 2.45) is 0 Å². The van der Waals surface area contributed by atoms with Gasteiger partial charge in [-0.25, -0.2) is 4.90 Å². The minimum Gasteiger partial charge on any atom is -0.494 e. The molecule has 2 aliphatic rings. The van der Waals surface area contributed by atoms with E-state index in [0.29, 0.717) is 12.3 Å². The number of benzene rings is 1. The van der Waals surface area contributed by atoms with Crippen LogP contribution in [0.15, 0.2) is 24.3 Å². The Morgan fingerprint density at radius 3 is 2.32 bits per heavy atom. The highest BCUT2D eigenvalue weighted by Gasteiger charge is 2.43. The average Bonchev–Trinajstić information content (AvgIpc) is 3.02. The summed E-state index contributed by atoms with van der Waals surface area (Å²) < 4.78 is 5.76. The molecular weight excluding hydrogens is 354 g/mol. The molecule has 6 heteroatoms. The van der Waals surface area contributed by atoms with Crippen molar-refractivity contribution in [2.45, 2.75) is 52.0 Å². The van der Waals surface area contributed by atoms with Gasteiger partial charge in [0.05, 0.1) is 24.8 Å². The van der Waals surface area contributed by atoms with Gasteiger partial charge in [0.2, 0.25) is 5.91 Å². The van der Waals surface area contributed by atoms with Crippen LogP contribution in [0, 0.1) is 0 Å². The Morgan fingerprint density at radius 1 is 0.964 bits per heavy atom. The molecule has 3 rings (SSSR count). The Bertz CT molecular complexity index is 653. The van der Waals surface area contributed by atoms with Crippen LogP contribution in [0.25, 0.3) is 0 Å². The topological polar surface area (TPSA) is 53.1 Å². The van der Waals surface area contributed by atoms with E-state index < -0.39 is 0 Å². The molecule has 2 aliphatic heterocycles. The quantitative estimate of drug-likeness (QED) is 0.482. The van der Waals surface area contributed by atoms with Crippen LogP contribution in [-0.4, -0.2) is 67.0 Å². The van der Waals surface area contributed by atoms with Gasteiger partial charge in [-0.3, -0.25) is 14.5 Å². The first-order valence-electron chi connectivity index (χ1n) is 10.7. The second-order valence-electron chi connectivity index (χ2n) is 7.66. The number of anilines is 1. The first kappa shape index (κ1) is 20.8. The number of amides is 2. The lowest BCUT2D eigenvalue weighted by atomic mass is 10.1. The molecule has 0 radical (unpaired) electrons. The minimum atomic E-state index is -0.319. The lowest BCUT2D eigenvalue weighted by Crippen LogP contribution is -2.52. The lowest BCUT2D eigenvalue weighted by Gasteiger charge is -2.36. The molecule has 2 saturated heterocycles. The Kier molecular flexibility index (Phi) is 7.45. The van der Waals surface area contributed by atoms with E-state index in [0.717, 1.165) is 44.9 Å². The van der Waals surface area contributed by atoms with E-state index in [9.17, 15) is 9.59 Å². The molecule has 0 aromatic heterocycles. The molecule has 1 aromatic rings. The molecule has 0 spiro atoms. The second kappa shape index (κ2) is 10.0. The van der Waals surface area contributed by atoms with E-state index in [1.165, 1.54) is 24.2 Å². The number of hydrogen-bond donors (Lipinski definition) is 0. The maximum absolute atomic E-state index is 12.9. The van der Waals surface area contributed by atoms with Gasteiger partial charge >= 0.3 is 0 Å². The summed E-state index contributed by atoms with van der Waals surface area (Å²) in [4.78, 5) is 31.4. The number of rotatable bonds is 9. The fraction of sp³-hybridized carbons (Fsp3) is 0.636. The van der Waals surface area contributed by atoms with Crippen LogP contribution in [0.2, 0.25) is 0 Å². The van der Waals surface area contributed by atoms with E-state index in [2.05, 4.69) is 23.6 Å². The summed E-state index contributed by atoms with van der Waals surface area (Å²) in [7, 11) is 0.